The highest BCUT2D eigenvalue weighted by Crippen LogP contribution is 2.18. The molecule has 1 amide bonds. The molecule has 4 rings (SSSR count). The third kappa shape index (κ3) is 5.11. The standard InChI is InChI=1S/C24H22N4O2/c29-24(26-17-20-12-7-15-30-20)21-16-22(25-14-13-18-8-3-1-4-9-18)28-23(27-21)19-10-5-2-6-11-19/h1-12,15-16H,13-14,17H2,(H,26,29)(H,25,27,28). The minimum atomic E-state index is -0.280. The number of carbonyl (C=O) groups is 1. The van der Waals surface area contributed by atoms with Crippen molar-refractivity contribution in [3.8, 4) is 11.4 Å². The predicted molar refractivity (Wildman–Crippen MR) is 116 cm³/mol. The molecule has 2 N–H and O–H groups in total. The average Bonchev–Trinajstić information content (AvgIpc) is 3.32. The first-order valence-corrected chi connectivity index (χ1v) is 9.81. The average molecular weight is 398 g/mol. The van der Waals surface area contributed by atoms with E-state index in [9.17, 15) is 4.79 Å². The number of hydrogen-bond acceptors (Lipinski definition) is 5. The highest BCUT2D eigenvalue weighted by atomic mass is 16.3. The van der Waals surface area contributed by atoms with Crippen LogP contribution < -0.4 is 10.6 Å². The summed E-state index contributed by atoms with van der Waals surface area (Å²) in [5.41, 5.74) is 2.39. The van der Waals surface area contributed by atoms with E-state index in [-0.39, 0.29) is 5.91 Å². The molecular weight excluding hydrogens is 376 g/mol. The van der Waals surface area contributed by atoms with E-state index in [4.69, 9.17) is 4.42 Å². The number of nitrogens with one attached hydrogen (secondary N) is 2. The predicted octanol–water partition coefficient (Wildman–Crippen LogP) is 4.32. The van der Waals surface area contributed by atoms with Crippen LogP contribution in [-0.2, 0) is 13.0 Å². The third-order valence-electron chi connectivity index (χ3n) is 4.56. The molecule has 0 bridgehead atoms. The first-order chi connectivity index (χ1) is 14.8. The van der Waals surface area contributed by atoms with Crippen molar-refractivity contribution in [3.63, 3.8) is 0 Å². The monoisotopic (exact) mass is 398 g/mol. The fourth-order valence-corrected chi connectivity index (χ4v) is 3.02. The first kappa shape index (κ1) is 19.4. The summed E-state index contributed by atoms with van der Waals surface area (Å²) in [4.78, 5) is 21.8. The maximum absolute atomic E-state index is 12.7. The number of benzene rings is 2. The smallest absolute Gasteiger partial charge is 0.270 e. The van der Waals surface area contributed by atoms with Gasteiger partial charge in [-0.1, -0.05) is 60.7 Å². The lowest BCUT2D eigenvalue weighted by Crippen LogP contribution is -2.24. The van der Waals surface area contributed by atoms with E-state index in [0.29, 0.717) is 36.2 Å². The van der Waals surface area contributed by atoms with Gasteiger partial charge in [-0.05, 0) is 24.1 Å². The third-order valence-corrected chi connectivity index (χ3v) is 4.56. The summed E-state index contributed by atoms with van der Waals surface area (Å²) in [6.07, 6.45) is 2.43. The van der Waals surface area contributed by atoms with E-state index < -0.39 is 0 Å². The largest absolute Gasteiger partial charge is 0.467 e. The fraction of sp³-hybridized carbons (Fsp3) is 0.125. The van der Waals surface area contributed by atoms with Gasteiger partial charge in [0.15, 0.2) is 5.82 Å². The van der Waals surface area contributed by atoms with Crippen molar-refractivity contribution < 1.29 is 9.21 Å². The first-order valence-electron chi connectivity index (χ1n) is 9.81. The summed E-state index contributed by atoms with van der Waals surface area (Å²) >= 11 is 0. The van der Waals surface area contributed by atoms with E-state index in [1.807, 2.05) is 54.6 Å². The topological polar surface area (TPSA) is 80.0 Å². The molecule has 0 atom stereocenters. The number of aromatic nitrogens is 2. The number of hydrogen-bond donors (Lipinski definition) is 2. The van der Waals surface area contributed by atoms with E-state index in [1.165, 1.54) is 5.56 Å². The summed E-state index contributed by atoms with van der Waals surface area (Å²) in [6, 6.07) is 25.1. The number of nitrogens with zero attached hydrogens (tertiary/aromatic N) is 2. The van der Waals surface area contributed by atoms with E-state index in [2.05, 4.69) is 32.7 Å². The number of rotatable bonds is 8. The van der Waals surface area contributed by atoms with Crippen molar-refractivity contribution in [3.05, 3.63) is 102 Å². The maximum atomic E-state index is 12.7. The van der Waals surface area contributed by atoms with Crippen molar-refractivity contribution in [2.45, 2.75) is 13.0 Å². The molecule has 0 saturated heterocycles. The van der Waals surface area contributed by atoms with Gasteiger partial charge in [-0.15, -0.1) is 0 Å². The van der Waals surface area contributed by atoms with Gasteiger partial charge in [-0.3, -0.25) is 4.79 Å². The van der Waals surface area contributed by atoms with Crippen molar-refractivity contribution in [1.29, 1.82) is 0 Å². The summed E-state index contributed by atoms with van der Waals surface area (Å²) in [5, 5.41) is 6.16. The maximum Gasteiger partial charge on any atom is 0.270 e. The van der Waals surface area contributed by atoms with Crippen LogP contribution in [0, 0.1) is 0 Å². The molecule has 0 radical (unpaired) electrons. The van der Waals surface area contributed by atoms with Crippen LogP contribution in [0.25, 0.3) is 11.4 Å². The lowest BCUT2D eigenvalue weighted by atomic mass is 10.1. The Morgan fingerprint density at radius 1 is 0.900 bits per heavy atom. The van der Waals surface area contributed by atoms with Crippen molar-refractivity contribution in [1.82, 2.24) is 15.3 Å². The quantitative estimate of drug-likeness (QED) is 0.462. The van der Waals surface area contributed by atoms with Crippen LogP contribution in [0.5, 0.6) is 0 Å². The molecule has 30 heavy (non-hydrogen) atoms. The van der Waals surface area contributed by atoms with E-state index in [1.54, 1.807) is 18.4 Å². The molecule has 0 aliphatic carbocycles. The zero-order chi connectivity index (χ0) is 20.6. The van der Waals surface area contributed by atoms with Crippen molar-refractivity contribution in [2.75, 3.05) is 11.9 Å². The Balaban J connectivity index is 1.52. The van der Waals surface area contributed by atoms with Crippen LogP contribution >= 0.6 is 0 Å². The van der Waals surface area contributed by atoms with Crippen LogP contribution in [0.2, 0.25) is 0 Å². The summed E-state index contributed by atoms with van der Waals surface area (Å²) in [6.45, 7) is 0.996. The Morgan fingerprint density at radius 3 is 2.40 bits per heavy atom. The molecule has 6 nitrogen and oxygen atoms in total. The van der Waals surface area contributed by atoms with Crippen LogP contribution in [0.4, 0.5) is 5.82 Å². The SMILES string of the molecule is O=C(NCc1ccco1)c1cc(NCCc2ccccc2)nc(-c2ccccc2)n1. The molecule has 0 aliphatic rings. The lowest BCUT2D eigenvalue weighted by Gasteiger charge is -2.10. The van der Waals surface area contributed by atoms with Crippen molar-refractivity contribution >= 4 is 11.7 Å². The normalized spacial score (nSPS) is 10.5. The number of carbonyl (C=O) groups excluding carboxylic acids is 1. The molecule has 0 fully saturated rings. The molecule has 6 heteroatoms. The molecule has 4 aromatic rings. The second kappa shape index (κ2) is 9.52. The van der Waals surface area contributed by atoms with Gasteiger partial charge in [0.2, 0.25) is 0 Å². The van der Waals surface area contributed by atoms with Gasteiger partial charge < -0.3 is 15.1 Å². The minimum Gasteiger partial charge on any atom is -0.467 e. The molecule has 0 unspecified atom stereocenters. The molecule has 0 aliphatic heterocycles. The minimum absolute atomic E-state index is 0.280. The van der Waals surface area contributed by atoms with Gasteiger partial charge in [0.25, 0.3) is 5.91 Å². The van der Waals surface area contributed by atoms with Gasteiger partial charge in [0.1, 0.15) is 17.3 Å². The van der Waals surface area contributed by atoms with Crippen LogP contribution in [-0.4, -0.2) is 22.4 Å². The second-order valence-electron chi connectivity index (χ2n) is 6.75. The van der Waals surface area contributed by atoms with E-state index in [0.717, 1.165) is 12.0 Å². The second-order valence-corrected chi connectivity index (χ2v) is 6.75. The zero-order valence-electron chi connectivity index (χ0n) is 16.4. The van der Waals surface area contributed by atoms with E-state index >= 15 is 0 Å². The van der Waals surface area contributed by atoms with Gasteiger partial charge in [0, 0.05) is 18.2 Å². The molecule has 150 valence electrons. The van der Waals surface area contributed by atoms with Gasteiger partial charge >= 0.3 is 0 Å². The van der Waals surface area contributed by atoms with Gasteiger partial charge in [-0.25, -0.2) is 9.97 Å². The van der Waals surface area contributed by atoms with Crippen molar-refractivity contribution in [2.24, 2.45) is 0 Å². The van der Waals surface area contributed by atoms with Crippen LogP contribution in [0.1, 0.15) is 21.8 Å². The summed E-state index contributed by atoms with van der Waals surface area (Å²) < 4.78 is 5.27. The van der Waals surface area contributed by atoms with Crippen LogP contribution in [0.15, 0.2) is 89.5 Å². The molecule has 2 aromatic carbocycles. The molecular formula is C24H22N4O2. The Morgan fingerprint density at radius 2 is 1.67 bits per heavy atom. The Bertz CT molecular complexity index is 1080. The number of furan rings is 1. The molecule has 0 saturated carbocycles. The summed E-state index contributed by atoms with van der Waals surface area (Å²) in [5.74, 6) is 1.52. The van der Waals surface area contributed by atoms with Gasteiger partial charge in [-0.2, -0.15) is 0 Å². The molecule has 2 heterocycles. The molecule has 2 aromatic heterocycles. The Hall–Kier alpha value is -3.93. The Labute approximate surface area is 175 Å². The lowest BCUT2D eigenvalue weighted by molar-refractivity contribution is 0.0943. The fourth-order valence-electron chi connectivity index (χ4n) is 3.02. The Kier molecular flexibility index (Phi) is 6.15. The molecule has 0 spiro atoms. The highest BCUT2D eigenvalue weighted by Gasteiger charge is 2.13. The van der Waals surface area contributed by atoms with Crippen LogP contribution in [0.3, 0.4) is 0 Å². The highest BCUT2D eigenvalue weighted by molar-refractivity contribution is 5.93. The number of amides is 1. The number of anilines is 1. The summed E-state index contributed by atoms with van der Waals surface area (Å²) in [7, 11) is 0. The zero-order valence-corrected chi connectivity index (χ0v) is 16.4. The van der Waals surface area contributed by atoms with Gasteiger partial charge in [0.05, 0.1) is 12.8 Å².